The summed E-state index contributed by atoms with van der Waals surface area (Å²) in [7, 11) is 0. The van der Waals surface area contributed by atoms with Crippen LogP contribution in [0.1, 0.15) is 23.6 Å². The van der Waals surface area contributed by atoms with E-state index in [0.29, 0.717) is 23.6 Å². The molecule has 0 saturated carbocycles. The third kappa shape index (κ3) is 3.14. The van der Waals surface area contributed by atoms with Crippen LogP contribution >= 0.6 is 0 Å². The lowest BCUT2D eigenvalue weighted by Gasteiger charge is -2.20. The van der Waals surface area contributed by atoms with Crippen LogP contribution in [0.3, 0.4) is 0 Å². The molecule has 0 saturated heterocycles. The minimum atomic E-state index is -0.0849. The third-order valence-electron chi connectivity index (χ3n) is 4.72. The highest BCUT2D eigenvalue weighted by Crippen LogP contribution is 2.24. The van der Waals surface area contributed by atoms with Gasteiger partial charge in [0.2, 0.25) is 5.91 Å². The molecular weight excluding hydrogens is 350 g/mol. The van der Waals surface area contributed by atoms with E-state index in [4.69, 9.17) is 0 Å². The first kappa shape index (κ1) is 17.6. The molecule has 2 aromatic carbocycles. The van der Waals surface area contributed by atoms with Gasteiger partial charge in [-0.3, -0.25) is 9.89 Å². The van der Waals surface area contributed by atoms with E-state index in [1.54, 1.807) is 9.42 Å². The molecule has 0 spiro atoms. The second-order valence-corrected chi connectivity index (χ2v) is 6.71. The number of carbonyl (C=O) groups excluding carboxylic acids is 1. The number of nitrogens with zero attached hydrogens (tertiary/aromatic N) is 4. The van der Waals surface area contributed by atoms with E-state index in [2.05, 4.69) is 16.2 Å². The molecular formula is C22H19N5O. The number of aryl methyl sites for hydroxylation is 1. The normalized spacial score (nSPS) is 10.8. The molecule has 0 aliphatic carbocycles. The molecule has 28 heavy (non-hydrogen) atoms. The molecule has 2 heterocycles. The van der Waals surface area contributed by atoms with Crippen LogP contribution in [0.15, 0.2) is 60.8 Å². The summed E-state index contributed by atoms with van der Waals surface area (Å²) in [6.45, 7) is 3.86. The quantitative estimate of drug-likeness (QED) is 0.589. The highest BCUT2D eigenvalue weighted by Gasteiger charge is 2.20. The Morgan fingerprint density at radius 1 is 1.18 bits per heavy atom. The van der Waals surface area contributed by atoms with Gasteiger partial charge in [0, 0.05) is 29.9 Å². The van der Waals surface area contributed by atoms with Crippen molar-refractivity contribution in [2.45, 2.75) is 20.4 Å². The average Bonchev–Trinajstić information content (AvgIpc) is 3.24. The highest BCUT2D eigenvalue weighted by molar-refractivity contribution is 5.91. The van der Waals surface area contributed by atoms with Crippen LogP contribution in [0.25, 0.3) is 17.0 Å². The van der Waals surface area contributed by atoms with Crippen molar-refractivity contribution >= 4 is 17.2 Å². The van der Waals surface area contributed by atoms with E-state index in [0.717, 1.165) is 16.8 Å². The summed E-state index contributed by atoms with van der Waals surface area (Å²) in [5.41, 5.74) is 4.70. The maximum absolute atomic E-state index is 12.2. The highest BCUT2D eigenvalue weighted by atomic mass is 16.2. The zero-order valence-corrected chi connectivity index (χ0v) is 15.7. The Morgan fingerprint density at radius 3 is 2.54 bits per heavy atom. The fourth-order valence-corrected chi connectivity index (χ4v) is 3.23. The topological polar surface area (TPSA) is 77.2 Å². The lowest BCUT2D eigenvalue weighted by molar-refractivity contribution is -0.116. The van der Waals surface area contributed by atoms with Crippen LogP contribution in [0.2, 0.25) is 0 Å². The Morgan fingerprint density at radius 2 is 1.89 bits per heavy atom. The molecule has 0 unspecified atom stereocenters. The van der Waals surface area contributed by atoms with Gasteiger partial charge in [0.05, 0.1) is 6.54 Å². The molecule has 1 N–H and O–H groups in total. The van der Waals surface area contributed by atoms with Gasteiger partial charge in [-0.25, -0.2) is 9.50 Å². The van der Waals surface area contributed by atoms with E-state index in [9.17, 15) is 10.1 Å². The van der Waals surface area contributed by atoms with Crippen LogP contribution in [0.4, 0.5) is 5.69 Å². The van der Waals surface area contributed by atoms with Gasteiger partial charge in [-0.2, -0.15) is 5.26 Å². The fraction of sp³-hybridized carbons (Fsp3) is 0.136. The smallest absolute Gasteiger partial charge is 0.224 e. The first-order valence-electron chi connectivity index (χ1n) is 8.97. The van der Waals surface area contributed by atoms with Gasteiger partial charge in [0.1, 0.15) is 11.6 Å². The summed E-state index contributed by atoms with van der Waals surface area (Å²) in [6, 6.07) is 19.7. The predicted molar refractivity (Wildman–Crippen MR) is 108 cm³/mol. The van der Waals surface area contributed by atoms with E-state index in [-0.39, 0.29) is 5.91 Å². The summed E-state index contributed by atoms with van der Waals surface area (Å²) >= 11 is 0. The number of amides is 1. The fourth-order valence-electron chi connectivity index (χ4n) is 3.23. The number of hydrogen-bond donors (Lipinski definition) is 1. The number of anilines is 1. The largest absolute Gasteiger partial charge is 0.308 e. The second-order valence-electron chi connectivity index (χ2n) is 6.71. The number of carbonyl (C=O) groups is 1. The van der Waals surface area contributed by atoms with Gasteiger partial charge in [-0.15, -0.1) is 0 Å². The molecule has 1 amide bonds. The minimum absolute atomic E-state index is 0.0849. The van der Waals surface area contributed by atoms with E-state index in [1.807, 2.05) is 67.7 Å². The summed E-state index contributed by atoms with van der Waals surface area (Å²) < 4.78 is 1.74. The number of rotatable bonds is 4. The lowest BCUT2D eigenvalue weighted by Crippen LogP contribution is -2.27. The monoisotopic (exact) mass is 369 g/mol. The standard InChI is InChI=1S/C22H19N5O/c1-15-8-10-17(11-9-15)21-24-22-20(12-23)18(14-27(22)25-21)13-26(16(2)28)19-6-4-3-5-7-19/h3-11,14H,13H2,1-2H3,(H,24,25). The predicted octanol–water partition coefficient (Wildman–Crippen LogP) is 4.06. The summed E-state index contributed by atoms with van der Waals surface area (Å²) in [6.07, 6.45) is 1.83. The molecule has 138 valence electrons. The lowest BCUT2D eigenvalue weighted by atomic mass is 10.1. The molecule has 2 aromatic heterocycles. The van der Waals surface area contributed by atoms with Crippen LogP contribution in [0.5, 0.6) is 0 Å². The van der Waals surface area contributed by atoms with Gasteiger partial charge in [-0.05, 0) is 19.1 Å². The van der Waals surface area contributed by atoms with Crippen LogP contribution in [-0.4, -0.2) is 20.5 Å². The number of aromatic nitrogens is 3. The van der Waals surface area contributed by atoms with Crippen molar-refractivity contribution in [3.05, 3.63) is 77.5 Å². The Kier molecular flexibility index (Phi) is 4.42. The maximum Gasteiger partial charge on any atom is 0.224 e. The number of nitriles is 1. The zero-order valence-electron chi connectivity index (χ0n) is 15.7. The van der Waals surface area contributed by atoms with Crippen LogP contribution in [-0.2, 0) is 11.3 Å². The summed E-state index contributed by atoms with van der Waals surface area (Å²) in [5.74, 6) is 0.614. The molecule has 0 atom stereocenters. The van der Waals surface area contributed by atoms with E-state index < -0.39 is 0 Å². The number of hydrogen-bond acceptors (Lipinski definition) is 3. The van der Waals surface area contributed by atoms with Gasteiger partial charge >= 0.3 is 0 Å². The molecule has 0 aliphatic heterocycles. The molecule has 4 aromatic rings. The van der Waals surface area contributed by atoms with E-state index >= 15 is 0 Å². The third-order valence-corrected chi connectivity index (χ3v) is 4.72. The minimum Gasteiger partial charge on any atom is -0.308 e. The molecule has 0 fully saturated rings. The number of H-pyrrole nitrogens is 1. The van der Waals surface area contributed by atoms with Crippen molar-refractivity contribution in [3.8, 4) is 17.5 Å². The van der Waals surface area contributed by atoms with Crippen molar-refractivity contribution in [1.82, 2.24) is 14.6 Å². The Hall–Kier alpha value is -3.85. The van der Waals surface area contributed by atoms with Crippen molar-refractivity contribution in [2.75, 3.05) is 4.90 Å². The first-order chi connectivity index (χ1) is 13.6. The van der Waals surface area contributed by atoms with Crippen LogP contribution in [0, 0.1) is 18.3 Å². The SMILES string of the molecule is CC(=O)N(Cc1cn2[nH]c(-c3ccc(C)cc3)nc2c1C#N)c1ccccc1. The van der Waals surface area contributed by atoms with Crippen molar-refractivity contribution in [1.29, 1.82) is 5.26 Å². The Balaban J connectivity index is 1.72. The van der Waals surface area contributed by atoms with Gasteiger partial charge in [0.15, 0.2) is 11.5 Å². The molecule has 6 heteroatoms. The number of benzene rings is 2. The van der Waals surface area contributed by atoms with Gasteiger partial charge in [-0.1, -0.05) is 48.0 Å². The molecule has 0 aliphatic rings. The number of aromatic amines is 1. The summed E-state index contributed by atoms with van der Waals surface area (Å²) in [4.78, 5) is 18.4. The van der Waals surface area contributed by atoms with Crippen molar-refractivity contribution in [3.63, 3.8) is 0 Å². The van der Waals surface area contributed by atoms with Gasteiger partial charge in [0.25, 0.3) is 0 Å². The summed E-state index contributed by atoms with van der Waals surface area (Å²) in [5, 5.41) is 12.9. The molecule has 0 bridgehead atoms. The number of fused-ring (bicyclic) bond motifs is 1. The first-order valence-corrected chi connectivity index (χ1v) is 8.97. The zero-order chi connectivity index (χ0) is 19.7. The molecule has 4 rings (SSSR count). The van der Waals surface area contributed by atoms with Crippen LogP contribution < -0.4 is 4.90 Å². The van der Waals surface area contributed by atoms with Crippen molar-refractivity contribution < 1.29 is 4.79 Å². The maximum atomic E-state index is 12.2. The molecule has 6 nitrogen and oxygen atoms in total. The Bertz CT molecular complexity index is 1180. The number of nitrogens with one attached hydrogen (secondary N) is 1. The second kappa shape index (κ2) is 7.05. The van der Waals surface area contributed by atoms with Gasteiger partial charge < -0.3 is 4.90 Å². The van der Waals surface area contributed by atoms with Crippen molar-refractivity contribution in [2.24, 2.45) is 0 Å². The van der Waals surface area contributed by atoms with E-state index in [1.165, 1.54) is 12.5 Å². The Labute approximate surface area is 162 Å². The number of para-hydroxylation sites is 1. The average molecular weight is 369 g/mol. The molecule has 0 radical (unpaired) electrons.